The van der Waals surface area contributed by atoms with Gasteiger partial charge in [-0.2, -0.15) is 0 Å². The summed E-state index contributed by atoms with van der Waals surface area (Å²) in [5.74, 6) is -0.163. The SMILES string of the molecule is CCn1c(=O)c([I+]c2ccccc2)c([O-])c2cccnc21. The van der Waals surface area contributed by atoms with Gasteiger partial charge in [-0.05, 0) is 30.9 Å². The molecule has 0 fully saturated rings. The molecule has 2 heterocycles. The molecule has 5 heteroatoms. The van der Waals surface area contributed by atoms with Crippen LogP contribution in [-0.4, -0.2) is 9.55 Å². The summed E-state index contributed by atoms with van der Waals surface area (Å²) in [6.07, 6.45) is 1.61. The molecule has 21 heavy (non-hydrogen) atoms. The number of hydrogen-bond acceptors (Lipinski definition) is 3. The van der Waals surface area contributed by atoms with Crippen molar-refractivity contribution in [3.8, 4) is 5.75 Å². The third-order valence-electron chi connectivity index (χ3n) is 3.17. The first-order valence-corrected chi connectivity index (χ1v) is 8.76. The van der Waals surface area contributed by atoms with Crippen LogP contribution in [0.2, 0.25) is 0 Å². The molecule has 0 saturated heterocycles. The molecule has 4 nitrogen and oxygen atoms in total. The zero-order valence-corrected chi connectivity index (χ0v) is 13.6. The summed E-state index contributed by atoms with van der Waals surface area (Å²) in [5, 5.41) is 13.1. The minimum Gasteiger partial charge on any atom is -0.869 e. The quantitative estimate of drug-likeness (QED) is 0.517. The van der Waals surface area contributed by atoms with Gasteiger partial charge >= 0.3 is 26.8 Å². The minimum atomic E-state index is -0.786. The van der Waals surface area contributed by atoms with Crippen molar-refractivity contribution < 1.29 is 26.3 Å². The van der Waals surface area contributed by atoms with Crippen molar-refractivity contribution in [1.82, 2.24) is 9.55 Å². The van der Waals surface area contributed by atoms with Crippen LogP contribution in [-0.2, 0) is 6.54 Å². The van der Waals surface area contributed by atoms with Crippen LogP contribution in [0.3, 0.4) is 0 Å². The molecule has 0 aliphatic carbocycles. The summed E-state index contributed by atoms with van der Waals surface area (Å²) in [5.41, 5.74) is 0.293. The normalized spacial score (nSPS) is 10.9. The average Bonchev–Trinajstić information content (AvgIpc) is 2.53. The smallest absolute Gasteiger partial charge is 0.363 e. The molecular formula is C16H13IN2O2. The maximum atomic E-state index is 12.6. The van der Waals surface area contributed by atoms with Crippen molar-refractivity contribution >= 4 is 11.0 Å². The summed E-state index contributed by atoms with van der Waals surface area (Å²) < 4.78 is 3.08. The Bertz CT molecular complexity index is 844. The molecule has 3 rings (SSSR count). The van der Waals surface area contributed by atoms with Crippen molar-refractivity contribution in [1.29, 1.82) is 0 Å². The number of aryl methyl sites for hydroxylation is 1. The molecule has 1 aromatic carbocycles. The van der Waals surface area contributed by atoms with Crippen molar-refractivity contribution in [2.24, 2.45) is 0 Å². The summed E-state index contributed by atoms with van der Waals surface area (Å²) in [7, 11) is 0. The lowest BCUT2D eigenvalue weighted by Gasteiger charge is -2.13. The summed E-state index contributed by atoms with van der Waals surface area (Å²) in [4.78, 5) is 16.8. The minimum absolute atomic E-state index is 0.163. The highest BCUT2D eigenvalue weighted by Gasteiger charge is 2.24. The Kier molecular flexibility index (Phi) is 3.92. The largest absolute Gasteiger partial charge is 0.869 e. The number of hydrogen-bond donors (Lipinski definition) is 0. The number of aromatic nitrogens is 2. The first kappa shape index (κ1) is 14.1. The first-order valence-electron chi connectivity index (χ1n) is 6.60. The van der Waals surface area contributed by atoms with Crippen molar-refractivity contribution in [3.63, 3.8) is 0 Å². The fourth-order valence-electron chi connectivity index (χ4n) is 2.18. The van der Waals surface area contributed by atoms with Gasteiger partial charge in [0.1, 0.15) is 5.65 Å². The number of halogens is 1. The van der Waals surface area contributed by atoms with Crippen LogP contribution < -0.4 is 31.9 Å². The molecule has 0 N–H and O–H groups in total. The Labute approximate surface area is 132 Å². The van der Waals surface area contributed by atoms with Gasteiger partial charge in [-0.1, -0.05) is 24.3 Å². The van der Waals surface area contributed by atoms with E-state index in [0.717, 1.165) is 3.57 Å². The van der Waals surface area contributed by atoms with E-state index >= 15 is 0 Å². The predicted octanol–water partition coefficient (Wildman–Crippen LogP) is -1.38. The molecule has 2 aromatic heterocycles. The van der Waals surface area contributed by atoms with E-state index in [-0.39, 0.29) is 11.3 Å². The average molecular weight is 392 g/mol. The molecular weight excluding hydrogens is 379 g/mol. The lowest BCUT2D eigenvalue weighted by molar-refractivity contribution is -0.605. The van der Waals surface area contributed by atoms with Crippen LogP contribution in [0.4, 0.5) is 0 Å². The van der Waals surface area contributed by atoms with E-state index in [9.17, 15) is 9.90 Å². The Morgan fingerprint density at radius 2 is 1.95 bits per heavy atom. The Balaban J connectivity index is 2.25. The summed E-state index contributed by atoms with van der Waals surface area (Å²) in [6, 6.07) is 13.2. The molecule has 106 valence electrons. The van der Waals surface area contributed by atoms with Gasteiger partial charge in [-0.15, -0.1) is 0 Å². The third kappa shape index (κ3) is 2.53. The molecule has 0 radical (unpaired) electrons. The highest BCUT2D eigenvalue weighted by molar-refractivity contribution is 5.80. The van der Waals surface area contributed by atoms with Crippen molar-refractivity contribution in [2.45, 2.75) is 13.5 Å². The molecule has 0 saturated carbocycles. The maximum absolute atomic E-state index is 12.6. The number of pyridine rings is 2. The van der Waals surface area contributed by atoms with E-state index in [1.54, 1.807) is 22.9 Å². The van der Waals surface area contributed by atoms with Crippen LogP contribution in [0.15, 0.2) is 53.5 Å². The second-order valence-corrected chi connectivity index (χ2v) is 7.32. The number of nitrogens with zero attached hydrogens (tertiary/aromatic N) is 2. The zero-order chi connectivity index (χ0) is 14.8. The van der Waals surface area contributed by atoms with Crippen molar-refractivity contribution in [2.75, 3.05) is 0 Å². The van der Waals surface area contributed by atoms with E-state index in [0.29, 0.717) is 21.1 Å². The molecule has 0 unspecified atom stereocenters. The molecule has 0 atom stereocenters. The van der Waals surface area contributed by atoms with Crippen LogP contribution in [0.5, 0.6) is 5.75 Å². The van der Waals surface area contributed by atoms with Crippen LogP contribution in [0.1, 0.15) is 6.92 Å². The molecule has 0 aliphatic rings. The van der Waals surface area contributed by atoms with Gasteiger partial charge in [0, 0.05) is 18.1 Å². The van der Waals surface area contributed by atoms with Gasteiger partial charge in [0.2, 0.25) is 0 Å². The van der Waals surface area contributed by atoms with E-state index < -0.39 is 21.2 Å². The zero-order valence-electron chi connectivity index (χ0n) is 11.4. The Morgan fingerprint density at radius 3 is 2.67 bits per heavy atom. The van der Waals surface area contributed by atoms with Gasteiger partial charge in [0.15, 0.2) is 3.57 Å². The Hall–Kier alpha value is -1.89. The Morgan fingerprint density at radius 1 is 1.19 bits per heavy atom. The fraction of sp³-hybridized carbons (Fsp3) is 0.125. The molecule has 0 aliphatic heterocycles. The van der Waals surface area contributed by atoms with Gasteiger partial charge in [-0.25, -0.2) is 4.98 Å². The fourth-order valence-corrected chi connectivity index (χ4v) is 4.64. The van der Waals surface area contributed by atoms with Gasteiger partial charge < -0.3 is 5.11 Å². The molecule has 0 spiro atoms. The van der Waals surface area contributed by atoms with E-state index in [1.165, 1.54) is 0 Å². The second-order valence-electron chi connectivity index (χ2n) is 4.46. The maximum Gasteiger partial charge on any atom is 0.363 e. The van der Waals surface area contributed by atoms with E-state index in [1.807, 2.05) is 37.3 Å². The summed E-state index contributed by atoms with van der Waals surface area (Å²) >= 11 is -0.786. The van der Waals surface area contributed by atoms with E-state index in [4.69, 9.17) is 0 Å². The van der Waals surface area contributed by atoms with Crippen LogP contribution >= 0.6 is 0 Å². The lowest BCUT2D eigenvalue weighted by Crippen LogP contribution is -3.62. The number of benzene rings is 1. The third-order valence-corrected chi connectivity index (χ3v) is 6.00. The summed E-state index contributed by atoms with van der Waals surface area (Å²) in [6.45, 7) is 2.41. The molecule has 3 aromatic rings. The van der Waals surface area contributed by atoms with Gasteiger partial charge in [0.05, 0.1) is 0 Å². The van der Waals surface area contributed by atoms with Crippen LogP contribution in [0, 0.1) is 7.14 Å². The van der Waals surface area contributed by atoms with E-state index in [2.05, 4.69) is 4.98 Å². The highest BCUT2D eigenvalue weighted by Crippen LogP contribution is 2.17. The van der Waals surface area contributed by atoms with Gasteiger partial charge in [0.25, 0.3) is 3.57 Å². The van der Waals surface area contributed by atoms with Gasteiger partial charge in [-0.3, -0.25) is 9.36 Å². The van der Waals surface area contributed by atoms with Crippen LogP contribution in [0.25, 0.3) is 11.0 Å². The standard InChI is InChI=1S/C16H13IN2O2/c1-2-19-15-12(9-6-10-18-15)14(20)13(16(19)21)17-11-7-4-3-5-8-11/h3-10H,2H2,1H3. The first-order chi connectivity index (χ1) is 10.2. The number of fused-ring (bicyclic) bond motifs is 1. The molecule has 0 amide bonds. The lowest BCUT2D eigenvalue weighted by atomic mass is 10.2. The predicted molar refractivity (Wildman–Crippen MR) is 75.0 cm³/mol. The molecule has 0 bridgehead atoms. The topological polar surface area (TPSA) is 58.0 Å². The number of rotatable bonds is 3. The van der Waals surface area contributed by atoms with Crippen molar-refractivity contribution in [3.05, 3.63) is 66.2 Å². The second kappa shape index (κ2) is 5.85. The highest BCUT2D eigenvalue weighted by atomic mass is 127. The monoisotopic (exact) mass is 392 g/mol.